The highest BCUT2D eigenvalue weighted by molar-refractivity contribution is 6.05. The summed E-state index contributed by atoms with van der Waals surface area (Å²) in [4.78, 5) is 2.47. The van der Waals surface area contributed by atoms with Crippen LogP contribution >= 0.6 is 0 Å². The highest BCUT2D eigenvalue weighted by Gasteiger charge is 2.42. The predicted octanol–water partition coefficient (Wildman–Crippen LogP) is 1.20. The summed E-state index contributed by atoms with van der Waals surface area (Å²) in [7, 11) is 4.04. The fourth-order valence-electron chi connectivity index (χ4n) is 2.45. The predicted molar refractivity (Wildman–Crippen MR) is 58.6 cm³/mol. The molecular weight excluding hydrogens is 161 g/mol. The van der Waals surface area contributed by atoms with E-state index in [1.165, 1.54) is 0 Å². The van der Waals surface area contributed by atoms with Gasteiger partial charge in [0, 0.05) is 18.2 Å². The summed E-state index contributed by atoms with van der Waals surface area (Å²) in [5.74, 6) is 0. The van der Waals surface area contributed by atoms with E-state index < -0.39 is 0 Å². The van der Waals surface area contributed by atoms with Gasteiger partial charge in [-0.2, -0.15) is 0 Å². The maximum absolute atomic E-state index is 5.48. The van der Waals surface area contributed by atoms with Crippen molar-refractivity contribution in [2.45, 2.75) is 57.7 Å². The SMILES string of the molecule is BN1C(C)(C)CC(OC)CC1(C)C. The molecule has 2 nitrogen and oxygen atoms in total. The molecule has 0 bridgehead atoms. The molecule has 76 valence electrons. The molecular formula is C10H22BNO. The Kier molecular flexibility index (Phi) is 2.79. The molecule has 0 aliphatic carbocycles. The molecule has 0 spiro atoms. The van der Waals surface area contributed by atoms with E-state index in [-0.39, 0.29) is 11.1 Å². The van der Waals surface area contributed by atoms with Crippen LogP contribution < -0.4 is 0 Å². The van der Waals surface area contributed by atoms with Crippen molar-refractivity contribution in [3.8, 4) is 0 Å². The number of hydrogen-bond acceptors (Lipinski definition) is 2. The van der Waals surface area contributed by atoms with E-state index >= 15 is 0 Å². The number of hydrogen-bond donors (Lipinski definition) is 0. The van der Waals surface area contributed by atoms with E-state index in [1.807, 2.05) is 7.11 Å². The molecule has 0 atom stereocenters. The van der Waals surface area contributed by atoms with Crippen LogP contribution in [-0.4, -0.2) is 37.1 Å². The van der Waals surface area contributed by atoms with Gasteiger partial charge in [0.15, 0.2) is 7.98 Å². The number of nitrogens with zero attached hydrogens (tertiary/aromatic N) is 1. The molecule has 0 aromatic carbocycles. The van der Waals surface area contributed by atoms with Crippen molar-refractivity contribution in [2.24, 2.45) is 0 Å². The zero-order chi connectivity index (χ0) is 10.3. The summed E-state index contributed by atoms with van der Waals surface area (Å²) in [5, 5.41) is 0. The fourth-order valence-corrected chi connectivity index (χ4v) is 2.45. The molecule has 0 radical (unpaired) electrons. The van der Waals surface area contributed by atoms with Gasteiger partial charge in [0.25, 0.3) is 0 Å². The van der Waals surface area contributed by atoms with Gasteiger partial charge in [-0.15, -0.1) is 0 Å². The molecule has 0 saturated carbocycles. The third kappa shape index (κ3) is 2.08. The molecule has 1 aliphatic rings. The Morgan fingerprint density at radius 2 is 1.54 bits per heavy atom. The second-order valence-corrected chi connectivity index (χ2v) is 5.45. The highest BCUT2D eigenvalue weighted by Crippen LogP contribution is 2.37. The number of methoxy groups -OCH3 is 1. The van der Waals surface area contributed by atoms with Crippen molar-refractivity contribution >= 4 is 7.98 Å². The van der Waals surface area contributed by atoms with E-state index in [0.717, 1.165) is 12.8 Å². The fraction of sp³-hybridized carbons (Fsp3) is 1.00. The Bertz CT molecular complexity index is 173. The lowest BCUT2D eigenvalue weighted by Crippen LogP contribution is -2.60. The monoisotopic (exact) mass is 183 g/mol. The molecule has 1 fully saturated rings. The Morgan fingerprint density at radius 1 is 1.15 bits per heavy atom. The molecule has 1 aliphatic heterocycles. The topological polar surface area (TPSA) is 12.5 Å². The number of piperidine rings is 1. The van der Waals surface area contributed by atoms with Gasteiger partial charge in [0.05, 0.1) is 6.10 Å². The zero-order valence-corrected chi connectivity index (χ0v) is 9.85. The van der Waals surface area contributed by atoms with Crippen LogP contribution in [0.5, 0.6) is 0 Å². The quantitative estimate of drug-likeness (QED) is 0.566. The third-order valence-electron chi connectivity index (χ3n) is 3.60. The molecule has 1 heterocycles. The van der Waals surface area contributed by atoms with Crippen LogP contribution in [0.4, 0.5) is 0 Å². The lowest BCUT2D eigenvalue weighted by atomic mass is 9.75. The first-order valence-electron chi connectivity index (χ1n) is 5.06. The minimum Gasteiger partial charge on any atom is -0.381 e. The van der Waals surface area contributed by atoms with Crippen molar-refractivity contribution in [1.82, 2.24) is 4.81 Å². The van der Waals surface area contributed by atoms with Crippen molar-refractivity contribution in [3.05, 3.63) is 0 Å². The molecule has 1 rings (SSSR count). The average molecular weight is 183 g/mol. The van der Waals surface area contributed by atoms with Gasteiger partial charge >= 0.3 is 0 Å². The van der Waals surface area contributed by atoms with Gasteiger partial charge in [-0.05, 0) is 40.5 Å². The summed E-state index contributed by atoms with van der Waals surface area (Å²) in [6, 6.07) is 0. The van der Waals surface area contributed by atoms with Crippen molar-refractivity contribution in [3.63, 3.8) is 0 Å². The molecule has 13 heavy (non-hydrogen) atoms. The first-order chi connectivity index (χ1) is 5.79. The minimum absolute atomic E-state index is 0.252. The van der Waals surface area contributed by atoms with Crippen molar-refractivity contribution < 1.29 is 4.74 Å². The molecule has 0 aromatic rings. The third-order valence-corrected chi connectivity index (χ3v) is 3.60. The largest absolute Gasteiger partial charge is 0.381 e. The highest BCUT2D eigenvalue weighted by atomic mass is 16.5. The average Bonchev–Trinajstić information content (AvgIpc) is 1.99. The molecule has 0 N–H and O–H groups in total. The Balaban J connectivity index is 2.82. The van der Waals surface area contributed by atoms with Gasteiger partial charge in [-0.25, -0.2) is 0 Å². The summed E-state index contributed by atoms with van der Waals surface area (Å²) in [5.41, 5.74) is 0.505. The van der Waals surface area contributed by atoms with E-state index in [9.17, 15) is 0 Å². The van der Waals surface area contributed by atoms with Crippen LogP contribution in [-0.2, 0) is 4.74 Å². The Labute approximate surface area is 83.1 Å². The molecule has 1 saturated heterocycles. The van der Waals surface area contributed by atoms with Crippen LogP contribution in [0.2, 0.25) is 0 Å². The van der Waals surface area contributed by atoms with Crippen LogP contribution in [0.15, 0.2) is 0 Å². The zero-order valence-electron chi connectivity index (χ0n) is 9.85. The first-order valence-corrected chi connectivity index (χ1v) is 5.06. The number of rotatable bonds is 1. The second kappa shape index (κ2) is 3.28. The van der Waals surface area contributed by atoms with E-state index in [4.69, 9.17) is 4.74 Å². The van der Waals surface area contributed by atoms with E-state index in [1.54, 1.807) is 0 Å². The molecule has 0 aromatic heterocycles. The minimum atomic E-state index is 0.252. The molecule has 0 unspecified atom stereocenters. The van der Waals surface area contributed by atoms with Crippen LogP contribution in [0.3, 0.4) is 0 Å². The molecule has 3 heteroatoms. The van der Waals surface area contributed by atoms with Gasteiger partial charge in [0.2, 0.25) is 0 Å². The Morgan fingerprint density at radius 3 is 1.85 bits per heavy atom. The second-order valence-electron chi connectivity index (χ2n) is 5.45. The molecule has 0 amide bonds. The Hall–Kier alpha value is -0.0151. The summed E-state index contributed by atoms with van der Waals surface area (Å²) in [6.45, 7) is 9.17. The standard InChI is InChI=1S/C10H22BNO/c1-9(2)6-8(13-5)7-10(3,4)12(9)11/h8H,6-7,11H2,1-5H3. The van der Waals surface area contributed by atoms with Crippen molar-refractivity contribution in [1.29, 1.82) is 0 Å². The van der Waals surface area contributed by atoms with Gasteiger partial charge in [-0.1, -0.05) is 0 Å². The van der Waals surface area contributed by atoms with Gasteiger partial charge in [0.1, 0.15) is 0 Å². The number of ether oxygens (including phenoxy) is 1. The smallest absolute Gasteiger partial charge is 0.186 e. The maximum Gasteiger partial charge on any atom is 0.186 e. The first kappa shape index (κ1) is 11.1. The lowest BCUT2D eigenvalue weighted by molar-refractivity contribution is -0.0460. The van der Waals surface area contributed by atoms with Gasteiger partial charge in [-0.3, -0.25) is 0 Å². The summed E-state index contributed by atoms with van der Waals surface area (Å²) < 4.78 is 5.48. The summed E-state index contributed by atoms with van der Waals surface area (Å²) in [6.07, 6.45) is 2.67. The van der Waals surface area contributed by atoms with E-state index in [0.29, 0.717) is 6.10 Å². The summed E-state index contributed by atoms with van der Waals surface area (Å²) >= 11 is 0. The van der Waals surface area contributed by atoms with Gasteiger partial charge < -0.3 is 9.55 Å². The maximum atomic E-state index is 5.48. The van der Waals surface area contributed by atoms with E-state index in [2.05, 4.69) is 40.5 Å². The van der Waals surface area contributed by atoms with Crippen LogP contribution in [0.25, 0.3) is 0 Å². The normalized spacial score (nSPS) is 29.0. The van der Waals surface area contributed by atoms with Crippen LogP contribution in [0.1, 0.15) is 40.5 Å². The van der Waals surface area contributed by atoms with Crippen LogP contribution in [0, 0.1) is 0 Å². The van der Waals surface area contributed by atoms with Crippen molar-refractivity contribution in [2.75, 3.05) is 7.11 Å². The lowest BCUT2D eigenvalue weighted by Gasteiger charge is -2.54.